The zero-order chi connectivity index (χ0) is 21.3. The first-order chi connectivity index (χ1) is 13.0. The molecule has 0 spiro atoms. The van der Waals surface area contributed by atoms with E-state index in [1.165, 1.54) is 0 Å². The molecule has 158 valence electrons. The molecule has 0 aliphatic heterocycles. The molecule has 0 unspecified atom stereocenters. The van der Waals surface area contributed by atoms with E-state index in [1.54, 1.807) is 6.92 Å². The van der Waals surface area contributed by atoms with Gasteiger partial charge in [-0.1, -0.05) is 18.2 Å². The summed E-state index contributed by atoms with van der Waals surface area (Å²) in [4.78, 5) is 22.5. The fourth-order valence-corrected chi connectivity index (χ4v) is 2.40. The van der Waals surface area contributed by atoms with Crippen molar-refractivity contribution >= 4 is 12.1 Å². The highest BCUT2D eigenvalue weighted by molar-refractivity contribution is 5.71. The molecule has 28 heavy (non-hydrogen) atoms. The molecule has 0 saturated heterocycles. The summed E-state index contributed by atoms with van der Waals surface area (Å²) in [6, 6.07) is 7.47. The van der Waals surface area contributed by atoms with Gasteiger partial charge in [0.1, 0.15) is 17.5 Å². The van der Waals surface area contributed by atoms with Crippen LogP contribution in [-0.2, 0) is 16.0 Å². The first-order valence-corrected chi connectivity index (χ1v) is 9.36. The standard InChI is InChI=1S/C20H32N2O6/c1-13(22-19(26)28-20(3,4)5)10-11-15-8-6-7-9-16(15)27-14(2)12-21-17(23)18(24)25/h6-9,13-14,17,21,23H,10-12H2,1-5H3,(H,22,26)(H,24,25)/t13-,14+,17-/m0/s1. The molecule has 0 radical (unpaired) electrons. The third-order valence-electron chi connectivity index (χ3n) is 3.74. The molecule has 0 fully saturated rings. The smallest absolute Gasteiger partial charge is 0.407 e. The monoisotopic (exact) mass is 396 g/mol. The number of ether oxygens (including phenoxy) is 2. The molecule has 0 heterocycles. The van der Waals surface area contributed by atoms with Crippen LogP contribution >= 0.6 is 0 Å². The number of carboxylic acid groups (broad SMARTS) is 1. The Morgan fingerprint density at radius 3 is 2.43 bits per heavy atom. The SMILES string of the molecule is C[C@H](CN[C@@H](O)C(=O)O)Oc1ccccc1CC[C@H](C)NC(=O)OC(C)(C)C. The molecular formula is C20H32N2O6. The van der Waals surface area contributed by atoms with E-state index in [0.29, 0.717) is 18.6 Å². The Morgan fingerprint density at radius 2 is 1.82 bits per heavy atom. The highest BCUT2D eigenvalue weighted by atomic mass is 16.6. The van der Waals surface area contributed by atoms with E-state index in [1.807, 2.05) is 52.0 Å². The van der Waals surface area contributed by atoms with Crippen LogP contribution in [0, 0.1) is 0 Å². The van der Waals surface area contributed by atoms with Crippen LogP contribution in [0.1, 0.15) is 46.6 Å². The number of nitrogens with one attached hydrogen (secondary N) is 2. The molecule has 0 aromatic heterocycles. The van der Waals surface area contributed by atoms with E-state index in [9.17, 15) is 14.7 Å². The predicted molar refractivity (Wildman–Crippen MR) is 105 cm³/mol. The number of para-hydroxylation sites is 1. The highest BCUT2D eigenvalue weighted by Gasteiger charge is 2.18. The topological polar surface area (TPSA) is 117 Å². The van der Waals surface area contributed by atoms with Crippen molar-refractivity contribution in [2.45, 2.75) is 71.4 Å². The molecule has 0 saturated carbocycles. The summed E-state index contributed by atoms with van der Waals surface area (Å²) in [5.41, 5.74) is 0.439. The highest BCUT2D eigenvalue weighted by Crippen LogP contribution is 2.21. The minimum Gasteiger partial charge on any atom is -0.489 e. The molecule has 4 N–H and O–H groups in total. The summed E-state index contributed by atoms with van der Waals surface area (Å²) in [5.74, 6) is -0.648. The average Bonchev–Trinajstić information content (AvgIpc) is 2.57. The lowest BCUT2D eigenvalue weighted by Crippen LogP contribution is -2.41. The van der Waals surface area contributed by atoms with Crippen molar-refractivity contribution in [3.63, 3.8) is 0 Å². The Bertz CT molecular complexity index is 644. The maximum atomic E-state index is 11.8. The van der Waals surface area contributed by atoms with Crippen LogP contribution in [0.3, 0.4) is 0 Å². The van der Waals surface area contributed by atoms with Gasteiger partial charge in [0.2, 0.25) is 6.23 Å². The molecule has 3 atom stereocenters. The van der Waals surface area contributed by atoms with Gasteiger partial charge in [-0.3, -0.25) is 5.32 Å². The number of rotatable bonds is 10. The third-order valence-corrected chi connectivity index (χ3v) is 3.74. The van der Waals surface area contributed by atoms with E-state index in [4.69, 9.17) is 14.6 Å². The summed E-state index contributed by atoms with van der Waals surface area (Å²) in [6.07, 6.45) is -1.02. The molecule has 8 heteroatoms. The number of hydrogen-bond acceptors (Lipinski definition) is 6. The van der Waals surface area contributed by atoms with Gasteiger partial charge in [-0.15, -0.1) is 0 Å². The maximum Gasteiger partial charge on any atom is 0.407 e. The van der Waals surface area contributed by atoms with Crippen LogP contribution in [0.15, 0.2) is 24.3 Å². The van der Waals surface area contributed by atoms with Gasteiger partial charge < -0.3 is 25.0 Å². The zero-order valence-corrected chi connectivity index (χ0v) is 17.2. The minimum atomic E-state index is -1.62. The third kappa shape index (κ3) is 9.57. The van der Waals surface area contributed by atoms with Crippen molar-refractivity contribution in [2.75, 3.05) is 6.54 Å². The largest absolute Gasteiger partial charge is 0.489 e. The predicted octanol–water partition coefficient (Wildman–Crippen LogP) is 2.29. The van der Waals surface area contributed by atoms with Crippen LogP contribution in [0.25, 0.3) is 0 Å². The molecule has 0 aliphatic rings. The van der Waals surface area contributed by atoms with Gasteiger partial charge in [0.05, 0.1) is 0 Å². The first kappa shape index (κ1) is 23.7. The van der Waals surface area contributed by atoms with Crippen molar-refractivity contribution in [1.82, 2.24) is 10.6 Å². The molecular weight excluding hydrogens is 364 g/mol. The lowest BCUT2D eigenvalue weighted by Gasteiger charge is -2.22. The van der Waals surface area contributed by atoms with E-state index >= 15 is 0 Å². The average molecular weight is 396 g/mol. The summed E-state index contributed by atoms with van der Waals surface area (Å²) >= 11 is 0. The van der Waals surface area contributed by atoms with Gasteiger partial charge in [0.15, 0.2) is 0 Å². The summed E-state index contributed by atoms with van der Waals surface area (Å²) in [5, 5.41) is 23.3. The Morgan fingerprint density at radius 1 is 1.18 bits per heavy atom. The minimum absolute atomic E-state index is 0.0762. The second-order valence-corrected chi connectivity index (χ2v) is 7.77. The number of carbonyl (C=O) groups excluding carboxylic acids is 1. The number of amides is 1. The van der Waals surface area contributed by atoms with Crippen molar-refractivity contribution in [3.8, 4) is 5.75 Å². The van der Waals surface area contributed by atoms with E-state index in [-0.39, 0.29) is 18.7 Å². The van der Waals surface area contributed by atoms with Crippen molar-refractivity contribution < 1.29 is 29.3 Å². The Labute approximate surface area is 166 Å². The lowest BCUT2D eigenvalue weighted by atomic mass is 10.1. The molecule has 8 nitrogen and oxygen atoms in total. The number of aryl methyl sites for hydroxylation is 1. The van der Waals surface area contributed by atoms with E-state index < -0.39 is 23.9 Å². The van der Waals surface area contributed by atoms with E-state index in [2.05, 4.69) is 10.6 Å². The summed E-state index contributed by atoms with van der Waals surface area (Å²) in [6.45, 7) is 9.32. The first-order valence-electron chi connectivity index (χ1n) is 9.36. The number of benzene rings is 1. The van der Waals surface area contributed by atoms with Gasteiger partial charge >= 0.3 is 12.1 Å². The number of carboxylic acids is 1. The van der Waals surface area contributed by atoms with Gasteiger partial charge in [0.25, 0.3) is 0 Å². The number of aliphatic hydroxyl groups is 1. The van der Waals surface area contributed by atoms with Crippen LogP contribution in [0.2, 0.25) is 0 Å². The normalized spacial score (nSPS) is 14.6. The molecule has 1 aromatic carbocycles. The fraction of sp³-hybridized carbons (Fsp3) is 0.600. The summed E-state index contributed by atoms with van der Waals surface area (Å²) < 4.78 is 11.1. The van der Waals surface area contributed by atoms with E-state index in [0.717, 1.165) is 5.56 Å². The van der Waals surface area contributed by atoms with Gasteiger partial charge in [-0.25, -0.2) is 9.59 Å². The van der Waals surface area contributed by atoms with Gasteiger partial charge in [-0.2, -0.15) is 0 Å². The zero-order valence-electron chi connectivity index (χ0n) is 17.2. The second-order valence-electron chi connectivity index (χ2n) is 7.77. The van der Waals surface area contributed by atoms with Gasteiger partial charge in [-0.05, 0) is 59.1 Å². The number of carbonyl (C=O) groups is 2. The maximum absolute atomic E-state index is 11.8. The molecule has 1 aromatic rings. The molecule has 0 aliphatic carbocycles. The van der Waals surface area contributed by atoms with Crippen molar-refractivity contribution in [1.29, 1.82) is 0 Å². The van der Waals surface area contributed by atoms with Crippen molar-refractivity contribution in [3.05, 3.63) is 29.8 Å². The van der Waals surface area contributed by atoms with Crippen LogP contribution in [-0.4, -0.2) is 52.8 Å². The summed E-state index contributed by atoms with van der Waals surface area (Å²) in [7, 11) is 0. The molecule has 0 bridgehead atoms. The quantitative estimate of drug-likeness (QED) is 0.448. The Balaban J connectivity index is 2.54. The number of aliphatic carboxylic acids is 1. The van der Waals surface area contributed by atoms with Crippen LogP contribution < -0.4 is 15.4 Å². The van der Waals surface area contributed by atoms with Crippen LogP contribution in [0.5, 0.6) is 5.75 Å². The Kier molecular flexibility index (Phi) is 9.21. The fourth-order valence-electron chi connectivity index (χ4n) is 2.40. The van der Waals surface area contributed by atoms with Crippen LogP contribution in [0.4, 0.5) is 4.79 Å². The Hall–Kier alpha value is -2.32. The number of hydrogen-bond donors (Lipinski definition) is 4. The lowest BCUT2D eigenvalue weighted by molar-refractivity contribution is -0.148. The second kappa shape index (κ2) is 10.9. The number of aliphatic hydroxyl groups excluding tert-OH is 1. The molecule has 1 amide bonds. The van der Waals surface area contributed by atoms with Crippen molar-refractivity contribution in [2.24, 2.45) is 0 Å². The van der Waals surface area contributed by atoms with Gasteiger partial charge in [0, 0.05) is 12.6 Å². The molecule has 1 rings (SSSR count). The number of alkyl carbamates (subject to hydrolysis) is 1.